The first-order valence-corrected chi connectivity index (χ1v) is 11.7. The van der Waals surface area contributed by atoms with Crippen LogP contribution in [0.5, 0.6) is 5.75 Å². The van der Waals surface area contributed by atoms with Gasteiger partial charge in [-0.05, 0) is 49.2 Å². The van der Waals surface area contributed by atoms with E-state index in [4.69, 9.17) is 4.74 Å². The highest BCUT2D eigenvalue weighted by molar-refractivity contribution is 7.89. The maximum atomic E-state index is 13.1. The molecule has 2 saturated heterocycles. The molecule has 2 heterocycles. The summed E-state index contributed by atoms with van der Waals surface area (Å²) in [5.41, 5.74) is 1.74. The number of anilines is 2. The first-order chi connectivity index (χ1) is 14.5. The second kappa shape index (κ2) is 8.65. The van der Waals surface area contributed by atoms with Crippen LogP contribution in [0.4, 0.5) is 11.4 Å². The maximum Gasteiger partial charge on any atom is 0.243 e. The minimum absolute atomic E-state index is 0.101. The third kappa shape index (κ3) is 4.02. The van der Waals surface area contributed by atoms with Gasteiger partial charge in [0.1, 0.15) is 5.75 Å². The Kier molecular flexibility index (Phi) is 5.97. The molecule has 0 spiro atoms. The van der Waals surface area contributed by atoms with Crippen molar-refractivity contribution in [1.82, 2.24) is 4.31 Å². The van der Waals surface area contributed by atoms with Gasteiger partial charge in [0.2, 0.25) is 15.9 Å². The maximum absolute atomic E-state index is 13.1. The number of hydrogen-bond acceptors (Lipinski definition) is 5. The van der Waals surface area contributed by atoms with E-state index in [0.29, 0.717) is 39.1 Å². The van der Waals surface area contributed by atoms with E-state index in [1.54, 1.807) is 36.3 Å². The number of piperidine rings is 1. The highest BCUT2D eigenvalue weighted by Crippen LogP contribution is 2.30. The molecule has 0 atom stereocenters. The largest absolute Gasteiger partial charge is 0.495 e. The highest BCUT2D eigenvalue weighted by Gasteiger charge is 2.29. The smallest absolute Gasteiger partial charge is 0.243 e. The summed E-state index contributed by atoms with van der Waals surface area (Å²) < 4.78 is 33.2. The second-order valence-corrected chi connectivity index (χ2v) is 9.50. The molecule has 0 saturated carbocycles. The number of benzene rings is 2. The summed E-state index contributed by atoms with van der Waals surface area (Å²) in [4.78, 5) is 16.3. The molecule has 0 bridgehead atoms. The number of methoxy groups -OCH3 is 1. The number of amides is 1. The molecular formula is C22H27N3O4S. The summed E-state index contributed by atoms with van der Waals surface area (Å²) in [6, 6.07) is 14.5. The SMILES string of the molecule is COc1ccccc1N1CCN(S(=O)(=O)c2ccc(N3CCCCC3=O)cc2)CC1. The Hall–Kier alpha value is -2.58. The van der Waals surface area contributed by atoms with Crippen LogP contribution in [0.1, 0.15) is 19.3 Å². The monoisotopic (exact) mass is 429 g/mol. The number of ether oxygens (including phenoxy) is 1. The van der Waals surface area contributed by atoms with Gasteiger partial charge in [-0.1, -0.05) is 12.1 Å². The first kappa shape index (κ1) is 20.7. The van der Waals surface area contributed by atoms with Crippen LogP contribution < -0.4 is 14.5 Å². The lowest BCUT2D eigenvalue weighted by atomic mass is 10.1. The Bertz CT molecular complexity index is 999. The van der Waals surface area contributed by atoms with E-state index in [9.17, 15) is 13.2 Å². The first-order valence-electron chi connectivity index (χ1n) is 10.3. The Morgan fingerprint density at radius 3 is 2.23 bits per heavy atom. The van der Waals surface area contributed by atoms with Gasteiger partial charge in [0.05, 0.1) is 17.7 Å². The van der Waals surface area contributed by atoms with E-state index in [2.05, 4.69) is 4.90 Å². The van der Waals surface area contributed by atoms with E-state index in [-0.39, 0.29) is 10.8 Å². The molecule has 0 radical (unpaired) electrons. The average molecular weight is 430 g/mol. The highest BCUT2D eigenvalue weighted by atomic mass is 32.2. The molecule has 4 rings (SSSR count). The number of nitrogens with zero attached hydrogens (tertiary/aromatic N) is 3. The zero-order valence-electron chi connectivity index (χ0n) is 17.2. The molecule has 0 aliphatic carbocycles. The number of sulfonamides is 1. The molecule has 7 nitrogen and oxygen atoms in total. The topological polar surface area (TPSA) is 70.2 Å². The summed E-state index contributed by atoms with van der Waals surface area (Å²) in [5.74, 6) is 0.890. The number of carbonyl (C=O) groups is 1. The van der Waals surface area contributed by atoms with E-state index in [1.165, 1.54) is 4.31 Å². The Balaban J connectivity index is 1.45. The molecule has 8 heteroatoms. The van der Waals surface area contributed by atoms with Gasteiger partial charge in [-0.3, -0.25) is 4.79 Å². The molecule has 0 unspecified atom stereocenters. The summed E-state index contributed by atoms with van der Waals surface area (Å²) in [7, 11) is -1.93. The quantitative estimate of drug-likeness (QED) is 0.731. The van der Waals surface area contributed by atoms with Crippen molar-refractivity contribution >= 4 is 27.3 Å². The zero-order valence-corrected chi connectivity index (χ0v) is 18.0. The van der Waals surface area contributed by atoms with Crippen molar-refractivity contribution in [3.05, 3.63) is 48.5 Å². The van der Waals surface area contributed by atoms with Gasteiger partial charge in [-0.25, -0.2) is 8.42 Å². The molecule has 160 valence electrons. The Morgan fingerprint density at radius 1 is 0.867 bits per heavy atom. The number of carbonyl (C=O) groups excluding carboxylic acids is 1. The zero-order chi connectivity index (χ0) is 21.1. The summed E-state index contributed by atoms with van der Waals surface area (Å²) >= 11 is 0. The van der Waals surface area contributed by atoms with Crippen LogP contribution in [0.15, 0.2) is 53.4 Å². The number of hydrogen-bond donors (Lipinski definition) is 0. The molecule has 2 aliphatic rings. The van der Waals surface area contributed by atoms with Crippen LogP contribution in [-0.2, 0) is 14.8 Å². The lowest BCUT2D eigenvalue weighted by Gasteiger charge is -2.36. The second-order valence-electron chi connectivity index (χ2n) is 7.56. The van der Waals surface area contributed by atoms with Crippen molar-refractivity contribution in [2.75, 3.05) is 49.6 Å². The fourth-order valence-electron chi connectivity index (χ4n) is 4.09. The Labute approximate surface area is 177 Å². The van der Waals surface area contributed by atoms with E-state index in [0.717, 1.165) is 30.0 Å². The van der Waals surface area contributed by atoms with Gasteiger partial charge >= 0.3 is 0 Å². The predicted octanol–water partition coefficient (Wildman–Crippen LogP) is 2.72. The summed E-state index contributed by atoms with van der Waals surface area (Å²) in [6.45, 7) is 2.70. The molecule has 2 aliphatic heterocycles. The average Bonchev–Trinajstić information content (AvgIpc) is 2.79. The van der Waals surface area contributed by atoms with Gasteiger partial charge in [0.25, 0.3) is 0 Å². The van der Waals surface area contributed by atoms with Crippen LogP contribution in [0, 0.1) is 0 Å². The van der Waals surface area contributed by atoms with Crippen molar-refractivity contribution in [2.45, 2.75) is 24.2 Å². The molecule has 0 aromatic heterocycles. The van der Waals surface area contributed by atoms with Crippen molar-refractivity contribution in [2.24, 2.45) is 0 Å². The summed E-state index contributed by atoms with van der Waals surface area (Å²) in [5, 5.41) is 0. The van der Waals surface area contributed by atoms with E-state index in [1.807, 2.05) is 24.3 Å². The van der Waals surface area contributed by atoms with Crippen LogP contribution >= 0.6 is 0 Å². The minimum atomic E-state index is -3.57. The molecule has 2 aromatic carbocycles. The van der Waals surface area contributed by atoms with Crippen molar-refractivity contribution in [1.29, 1.82) is 0 Å². The molecule has 0 N–H and O–H groups in total. The van der Waals surface area contributed by atoms with Gasteiger partial charge in [-0.15, -0.1) is 0 Å². The standard InChI is InChI=1S/C22H27N3O4S/c1-29-21-7-3-2-6-20(21)23-14-16-24(17-15-23)30(27,28)19-11-9-18(10-12-19)25-13-5-4-8-22(25)26/h2-3,6-7,9-12H,4-5,8,13-17H2,1H3. The van der Waals surface area contributed by atoms with Gasteiger partial charge in [-0.2, -0.15) is 4.31 Å². The third-order valence-electron chi connectivity index (χ3n) is 5.77. The number of para-hydroxylation sites is 2. The predicted molar refractivity (Wildman–Crippen MR) is 117 cm³/mol. The molecule has 2 aromatic rings. The van der Waals surface area contributed by atoms with Gasteiger partial charge in [0, 0.05) is 44.8 Å². The van der Waals surface area contributed by atoms with E-state index >= 15 is 0 Å². The number of piperazine rings is 1. The van der Waals surface area contributed by atoms with Crippen molar-refractivity contribution in [3.8, 4) is 5.75 Å². The minimum Gasteiger partial charge on any atom is -0.495 e. The lowest BCUT2D eigenvalue weighted by molar-refractivity contribution is -0.119. The van der Waals surface area contributed by atoms with Gasteiger partial charge < -0.3 is 14.5 Å². The van der Waals surface area contributed by atoms with Crippen molar-refractivity contribution < 1.29 is 17.9 Å². The lowest BCUT2D eigenvalue weighted by Crippen LogP contribution is -2.48. The fourth-order valence-corrected chi connectivity index (χ4v) is 5.51. The summed E-state index contributed by atoms with van der Waals surface area (Å²) in [6.07, 6.45) is 2.45. The Morgan fingerprint density at radius 2 is 1.57 bits per heavy atom. The van der Waals surface area contributed by atoms with Crippen LogP contribution in [0.25, 0.3) is 0 Å². The third-order valence-corrected chi connectivity index (χ3v) is 7.69. The molecule has 2 fully saturated rings. The molecular weight excluding hydrogens is 402 g/mol. The molecule has 30 heavy (non-hydrogen) atoms. The normalized spacial score (nSPS) is 18.5. The van der Waals surface area contributed by atoms with Crippen LogP contribution in [0.3, 0.4) is 0 Å². The number of rotatable bonds is 5. The van der Waals surface area contributed by atoms with Crippen LogP contribution in [-0.4, -0.2) is 58.5 Å². The van der Waals surface area contributed by atoms with E-state index < -0.39 is 10.0 Å². The molecule has 1 amide bonds. The fraction of sp³-hybridized carbons (Fsp3) is 0.409. The van der Waals surface area contributed by atoms with Crippen molar-refractivity contribution in [3.63, 3.8) is 0 Å². The van der Waals surface area contributed by atoms with Gasteiger partial charge in [0.15, 0.2) is 0 Å². The van der Waals surface area contributed by atoms with Crippen LogP contribution in [0.2, 0.25) is 0 Å².